The molecule has 3 aliphatic rings. The fraction of sp³-hybridized carbons (Fsp3) is 0.542. The smallest absolute Gasteiger partial charge is 0.264 e. The fourth-order valence-corrected chi connectivity index (χ4v) is 5.89. The lowest BCUT2D eigenvalue weighted by Gasteiger charge is -2.35. The highest BCUT2D eigenvalue weighted by Crippen LogP contribution is 2.28. The number of aromatic nitrogens is 2. The van der Waals surface area contributed by atoms with Crippen molar-refractivity contribution in [3.63, 3.8) is 0 Å². The van der Waals surface area contributed by atoms with Crippen molar-refractivity contribution in [3.05, 3.63) is 62.0 Å². The van der Waals surface area contributed by atoms with Crippen molar-refractivity contribution in [3.8, 4) is 0 Å². The van der Waals surface area contributed by atoms with Crippen LogP contribution in [-0.2, 0) is 13.0 Å². The van der Waals surface area contributed by atoms with Gasteiger partial charge in [0.1, 0.15) is 5.82 Å². The summed E-state index contributed by atoms with van der Waals surface area (Å²) in [6.07, 6.45) is 11.2. The molecule has 5 rings (SSSR count). The molecule has 2 aromatic heterocycles. The van der Waals surface area contributed by atoms with E-state index in [1.54, 1.807) is 4.90 Å². The van der Waals surface area contributed by atoms with Crippen LogP contribution in [0.2, 0.25) is 0 Å². The van der Waals surface area contributed by atoms with E-state index in [4.69, 9.17) is 4.98 Å². The van der Waals surface area contributed by atoms with E-state index in [2.05, 4.69) is 22.0 Å². The quantitative estimate of drug-likeness (QED) is 0.741. The Kier molecular flexibility index (Phi) is 6.05. The van der Waals surface area contributed by atoms with Gasteiger partial charge in [0.2, 0.25) is 0 Å². The Hall–Kier alpha value is -2.25. The second-order valence-electron chi connectivity index (χ2n) is 9.08. The van der Waals surface area contributed by atoms with E-state index in [0.29, 0.717) is 25.1 Å². The molecule has 7 heteroatoms. The number of rotatable bonds is 4. The molecule has 0 unspecified atom stereocenters. The first-order valence-corrected chi connectivity index (χ1v) is 12.4. The van der Waals surface area contributed by atoms with Gasteiger partial charge in [-0.3, -0.25) is 9.59 Å². The first-order valence-electron chi connectivity index (χ1n) is 11.5. The molecule has 0 radical (unpaired) electrons. The molecule has 1 amide bonds. The molecule has 2 aliphatic heterocycles. The summed E-state index contributed by atoms with van der Waals surface area (Å²) in [6.45, 7) is 4.23. The molecule has 6 nitrogen and oxygen atoms in total. The molecule has 0 bridgehead atoms. The lowest BCUT2D eigenvalue weighted by Crippen LogP contribution is -2.41. The Morgan fingerprint density at radius 2 is 2.19 bits per heavy atom. The first-order chi connectivity index (χ1) is 15.2. The number of likely N-dealkylation sites (tertiary alicyclic amines) is 1. The van der Waals surface area contributed by atoms with Crippen LogP contribution in [0.15, 0.2) is 34.5 Å². The van der Waals surface area contributed by atoms with Gasteiger partial charge in [-0.2, -0.15) is 0 Å². The van der Waals surface area contributed by atoms with Gasteiger partial charge < -0.3 is 14.8 Å². The largest absolute Gasteiger partial charge is 0.333 e. The third kappa shape index (κ3) is 4.53. The van der Waals surface area contributed by atoms with Crippen LogP contribution in [-0.4, -0.2) is 51.9 Å². The van der Waals surface area contributed by atoms with E-state index in [1.807, 2.05) is 17.5 Å². The summed E-state index contributed by atoms with van der Waals surface area (Å²) < 4.78 is 0. The number of hydrogen-bond donors (Lipinski definition) is 1. The number of aromatic amines is 1. The maximum atomic E-state index is 12.9. The number of carbonyl (C=O) groups is 1. The van der Waals surface area contributed by atoms with Gasteiger partial charge in [-0.05, 0) is 56.0 Å². The molecule has 2 aromatic rings. The number of amides is 1. The zero-order valence-corrected chi connectivity index (χ0v) is 18.7. The third-order valence-corrected chi connectivity index (χ3v) is 7.75. The molecule has 1 aliphatic carbocycles. The lowest BCUT2D eigenvalue weighted by atomic mass is 9.91. The van der Waals surface area contributed by atoms with Crippen molar-refractivity contribution in [1.29, 1.82) is 0 Å². The number of piperidine rings is 1. The number of carbonyl (C=O) groups excluding carboxylic acids is 1. The second-order valence-corrected chi connectivity index (χ2v) is 10.0. The summed E-state index contributed by atoms with van der Waals surface area (Å²) in [5.74, 6) is 1.89. The van der Waals surface area contributed by atoms with Crippen molar-refractivity contribution >= 4 is 17.2 Å². The van der Waals surface area contributed by atoms with E-state index in [9.17, 15) is 9.59 Å². The van der Waals surface area contributed by atoms with Gasteiger partial charge in [-0.1, -0.05) is 18.2 Å². The van der Waals surface area contributed by atoms with Gasteiger partial charge in [-0.15, -0.1) is 11.3 Å². The molecule has 0 aromatic carbocycles. The molecule has 31 heavy (non-hydrogen) atoms. The standard InChI is InChI=1S/C24H30N4O2S/c29-23-19-16-28(24(30)21-9-5-13-31-21)12-10-20(19)25-22(26-23)18-8-4-11-27(15-18)14-17-6-2-1-3-7-17/h1-2,5,9,13,17-18H,3-4,6-8,10-12,14-16H2,(H,25,26,29)/t17-,18+/m0/s1. The van der Waals surface area contributed by atoms with E-state index in [-0.39, 0.29) is 17.4 Å². The van der Waals surface area contributed by atoms with E-state index in [0.717, 1.165) is 54.8 Å². The Bertz CT molecular complexity index is 1010. The zero-order valence-electron chi connectivity index (χ0n) is 17.9. The zero-order chi connectivity index (χ0) is 21.2. The van der Waals surface area contributed by atoms with Crippen molar-refractivity contribution in [2.45, 2.75) is 51.0 Å². The monoisotopic (exact) mass is 438 g/mol. The van der Waals surface area contributed by atoms with Crippen LogP contribution in [0.25, 0.3) is 0 Å². The van der Waals surface area contributed by atoms with E-state index < -0.39 is 0 Å². The summed E-state index contributed by atoms with van der Waals surface area (Å²) in [5, 5.41) is 1.91. The molecule has 1 N–H and O–H groups in total. The number of fused-ring (bicyclic) bond motifs is 1. The molecule has 2 atom stereocenters. The maximum absolute atomic E-state index is 12.9. The summed E-state index contributed by atoms with van der Waals surface area (Å²) >= 11 is 1.44. The van der Waals surface area contributed by atoms with Gasteiger partial charge in [-0.25, -0.2) is 4.98 Å². The molecular formula is C24H30N4O2S. The highest BCUT2D eigenvalue weighted by molar-refractivity contribution is 7.12. The minimum absolute atomic E-state index is 0.00427. The van der Waals surface area contributed by atoms with Crippen molar-refractivity contribution < 1.29 is 4.79 Å². The van der Waals surface area contributed by atoms with Gasteiger partial charge in [0.15, 0.2) is 0 Å². The van der Waals surface area contributed by atoms with Crippen LogP contribution < -0.4 is 5.56 Å². The SMILES string of the molecule is O=C(c1cccs1)N1CCc2nc([C@@H]3CCCN(C[C@H]4CC=CCC4)C3)[nH]c(=O)c2C1. The van der Waals surface area contributed by atoms with Crippen LogP contribution in [0.5, 0.6) is 0 Å². The van der Waals surface area contributed by atoms with E-state index >= 15 is 0 Å². The number of H-pyrrole nitrogens is 1. The molecule has 1 saturated heterocycles. The Balaban J connectivity index is 1.28. The second kappa shape index (κ2) is 9.09. The minimum atomic E-state index is -0.0711. The highest BCUT2D eigenvalue weighted by atomic mass is 32.1. The van der Waals surface area contributed by atoms with Crippen LogP contribution in [0, 0.1) is 5.92 Å². The van der Waals surface area contributed by atoms with E-state index in [1.165, 1.54) is 30.6 Å². The molecule has 4 heterocycles. The number of nitrogens with zero attached hydrogens (tertiary/aromatic N) is 3. The van der Waals surface area contributed by atoms with Crippen molar-refractivity contribution in [1.82, 2.24) is 19.8 Å². The summed E-state index contributed by atoms with van der Waals surface area (Å²) in [7, 11) is 0. The fourth-order valence-electron chi connectivity index (χ4n) is 5.20. The lowest BCUT2D eigenvalue weighted by molar-refractivity contribution is 0.0737. The highest BCUT2D eigenvalue weighted by Gasteiger charge is 2.29. The molecule has 0 saturated carbocycles. The maximum Gasteiger partial charge on any atom is 0.264 e. The topological polar surface area (TPSA) is 69.3 Å². The predicted octanol–water partition coefficient (Wildman–Crippen LogP) is 3.57. The normalized spacial score (nSPS) is 24.2. The Labute approximate surface area is 187 Å². The van der Waals surface area contributed by atoms with Crippen molar-refractivity contribution in [2.24, 2.45) is 5.92 Å². The summed E-state index contributed by atoms with van der Waals surface area (Å²) in [6, 6.07) is 3.72. The van der Waals surface area contributed by atoms with Crippen LogP contribution in [0.3, 0.4) is 0 Å². The molecular weight excluding hydrogens is 408 g/mol. The van der Waals surface area contributed by atoms with Gasteiger partial charge in [0, 0.05) is 32.0 Å². The van der Waals surface area contributed by atoms with Gasteiger partial charge in [0.05, 0.1) is 22.7 Å². The number of allylic oxidation sites excluding steroid dienone is 2. The summed E-state index contributed by atoms with van der Waals surface area (Å²) in [5.41, 5.74) is 1.46. The number of hydrogen-bond acceptors (Lipinski definition) is 5. The Morgan fingerprint density at radius 1 is 1.26 bits per heavy atom. The van der Waals surface area contributed by atoms with Gasteiger partial charge in [0.25, 0.3) is 11.5 Å². The van der Waals surface area contributed by atoms with Crippen LogP contribution in [0.4, 0.5) is 0 Å². The van der Waals surface area contributed by atoms with Gasteiger partial charge >= 0.3 is 0 Å². The molecule has 0 spiro atoms. The average molecular weight is 439 g/mol. The minimum Gasteiger partial charge on any atom is -0.333 e. The third-order valence-electron chi connectivity index (χ3n) is 6.89. The van der Waals surface area contributed by atoms with Crippen LogP contribution in [0.1, 0.15) is 64.8 Å². The van der Waals surface area contributed by atoms with Crippen molar-refractivity contribution in [2.75, 3.05) is 26.2 Å². The number of nitrogens with one attached hydrogen (secondary N) is 1. The molecule has 164 valence electrons. The summed E-state index contributed by atoms with van der Waals surface area (Å²) in [4.78, 5) is 38.7. The Morgan fingerprint density at radius 3 is 3.00 bits per heavy atom. The predicted molar refractivity (Wildman–Crippen MR) is 123 cm³/mol. The molecule has 1 fully saturated rings. The van der Waals surface area contributed by atoms with Crippen LogP contribution >= 0.6 is 11.3 Å². The first kappa shape index (κ1) is 20.6. The average Bonchev–Trinajstić information content (AvgIpc) is 3.34. The number of thiophene rings is 1.